The number of aromatic nitrogens is 1. The van der Waals surface area contributed by atoms with Gasteiger partial charge in [0, 0.05) is 10.6 Å². The van der Waals surface area contributed by atoms with Crippen LogP contribution in [0.25, 0.3) is 16.0 Å². The van der Waals surface area contributed by atoms with Crippen LogP contribution in [0.5, 0.6) is 0 Å². The van der Waals surface area contributed by atoms with Crippen LogP contribution in [0.4, 0.5) is 5.13 Å². The van der Waals surface area contributed by atoms with E-state index in [0.29, 0.717) is 26.8 Å². The van der Waals surface area contributed by atoms with Gasteiger partial charge in [-0.3, -0.25) is 14.5 Å². The van der Waals surface area contributed by atoms with Crippen LogP contribution in [0.3, 0.4) is 0 Å². The number of aliphatic hydroxyl groups excluding tert-OH is 1. The van der Waals surface area contributed by atoms with E-state index in [2.05, 4.69) is 4.98 Å². The third-order valence-corrected chi connectivity index (χ3v) is 6.68. The number of benzene rings is 3. The molecule has 1 unspecified atom stereocenters. The van der Waals surface area contributed by atoms with Crippen LogP contribution in [0.15, 0.2) is 78.4 Å². The molecule has 0 radical (unpaired) electrons. The Bertz CT molecular complexity index is 1390. The quantitative estimate of drug-likeness (QED) is 0.235. The lowest BCUT2D eigenvalue weighted by atomic mass is 9.95. The van der Waals surface area contributed by atoms with Crippen LogP contribution in [-0.2, 0) is 9.59 Å². The van der Waals surface area contributed by atoms with Crippen molar-refractivity contribution in [2.75, 3.05) is 4.90 Å². The second-order valence-electron chi connectivity index (χ2n) is 7.55. The predicted octanol–water partition coefficient (Wildman–Crippen LogP) is 5.88. The van der Waals surface area contributed by atoms with Gasteiger partial charge in [-0.25, -0.2) is 4.98 Å². The van der Waals surface area contributed by atoms with Gasteiger partial charge in [0.15, 0.2) is 5.13 Å². The van der Waals surface area contributed by atoms with Gasteiger partial charge >= 0.3 is 5.91 Å². The van der Waals surface area contributed by atoms with Crippen LogP contribution >= 0.6 is 22.9 Å². The molecular formula is C25H17ClN2O3S. The van der Waals surface area contributed by atoms with E-state index in [1.807, 2.05) is 37.3 Å². The number of hydrogen-bond donors (Lipinski definition) is 1. The second-order valence-corrected chi connectivity index (χ2v) is 9.00. The first-order chi connectivity index (χ1) is 15.4. The lowest BCUT2D eigenvalue weighted by Crippen LogP contribution is -2.29. The third kappa shape index (κ3) is 3.38. The Morgan fingerprint density at radius 3 is 2.47 bits per heavy atom. The van der Waals surface area contributed by atoms with E-state index in [1.165, 1.54) is 16.2 Å². The summed E-state index contributed by atoms with van der Waals surface area (Å²) >= 11 is 7.39. The van der Waals surface area contributed by atoms with Gasteiger partial charge in [-0.05, 0) is 30.7 Å². The fraction of sp³-hybridized carbons (Fsp3) is 0.0800. The molecule has 1 aromatic heterocycles. The van der Waals surface area contributed by atoms with Crippen LogP contribution in [0, 0.1) is 6.92 Å². The van der Waals surface area contributed by atoms with Crippen LogP contribution in [0.1, 0.15) is 22.7 Å². The minimum absolute atomic E-state index is 0.0438. The van der Waals surface area contributed by atoms with Crippen molar-refractivity contribution < 1.29 is 14.7 Å². The number of thiazole rings is 1. The Labute approximate surface area is 193 Å². The molecule has 1 aliphatic rings. The lowest BCUT2D eigenvalue weighted by Gasteiger charge is -2.23. The smallest absolute Gasteiger partial charge is 0.301 e. The number of carbonyl (C=O) groups is 2. The Hall–Kier alpha value is -3.48. The molecule has 1 amide bonds. The average molecular weight is 461 g/mol. The molecule has 1 fully saturated rings. The number of carbonyl (C=O) groups excluding carboxylic acids is 2. The van der Waals surface area contributed by atoms with E-state index >= 15 is 0 Å². The van der Waals surface area contributed by atoms with E-state index in [4.69, 9.17) is 11.6 Å². The summed E-state index contributed by atoms with van der Waals surface area (Å²) in [5, 5.41) is 12.0. The first-order valence-corrected chi connectivity index (χ1v) is 11.1. The van der Waals surface area contributed by atoms with E-state index in [9.17, 15) is 14.7 Å². The summed E-state index contributed by atoms with van der Waals surface area (Å²) in [6.45, 7) is 1.96. The maximum absolute atomic E-state index is 13.2. The van der Waals surface area contributed by atoms with Gasteiger partial charge in [0.05, 0.1) is 21.8 Å². The van der Waals surface area contributed by atoms with Crippen molar-refractivity contribution in [2.24, 2.45) is 0 Å². The normalized spacial score (nSPS) is 17.9. The summed E-state index contributed by atoms with van der Waals surface area (Å²) in [6.07, 6.45) is 0. The fourth-order valence-corrected chi connectivity index (χ4v) is 5.10. The molecule has 5 nitrogen and oxygen atoms in total. The minimum atomic E-state index is -0.799. The number of hydrogen-bond acceptors (Lipinski definition) is 5. The Balaban J connectivity index is 1.73. The average Bonchev–Trinajstić information content (AvgIpc) is 3.32. The van der Waals surface area contributed by atoms with Gasteiger partial charge in [0.25, 0.3) is 5.78 Å². The maximum atomic E-state index is 13.2. The molecule has 4 aromatic rings. The number of anilines is 1. The standard InChI is InChI=1S/C25H17ClN2O3S/c1-14-7-9-15(10-8-14)21-20(22(29)16-5-3-2-4-6-16)23(30)24(31)28(21)25-27-18-12-11-17(26)13-19(18)32-25/h2-13,21,29H,1H3/b22-20+. The highest BCUT2D eigenvalue weighted by Crippen LogP contribution is 2.44. The molecule has 7 heteroatoms. The zero-order valence-electron chi connectivity index (χ0n) is 16.9. The van der Waals surface area contributed by atoms with Crippen molar-refractivity contribution in [1.82, 2.24) is 4.98 Å². The first kappa shape index (κ1) is 20.4. The topological polar surface area (TPSA) is 70.5 Å². The SMILES string of the molecule is Cc1ccc(C2/C(=C(\O)c3ccccc3)C(=O)C(=O)N2c2nc3ccc(Cl)cc3s2)cc1. The van der Waals surface area contributed by atoms with Gasteiger partial charge in [-0.1, -0.05) is 83.1 Å². The molecular weight excluding hydrogens is 444 g/mol. The summed E-state index contributed by atoms with van der Waals surface area (Å²) in [5.41, 5.74) is 2.95. The van der Waals surface area contributed by atoms with E-state index in [-0.39, 0.29) is 11.3 Å². The van der Waals surface area contributed by atoms with Gasteiger partial charge in [0.2, 0.25) is 0 Å². The monoisotopic (exact) mass is 460 g/mol. The molecule has 0 spiro atoms. The summed E-state index contributed by atoms with van der Waals surface area (Å²) in [7, 11) is 0. The molecule has 0 bridgehead atoms. The van der Waals surface area contributed by atoms with E-state index in [1.54, 1.807) is 42.5 Å². The van der Waals surface area contributed by atoms with Crippen molar-refractivity contribution in [3.8, 4) is 0 Å². The third-order valence-electron chi connectivity index (χ3n) is 5.43. The number of Topliss-reactive ketones (excluding diaryl/α,β-unsaturated/α-hetero) is 1. The highest BCUT2D eigenvalue weighted by Gasteiger charge is 2.48. The predicted molar refractivity (Wildman–Crippen MR) is 127 cm³/mol. The zero-order chi connectivity index (χ0) is 22.4. The van der Waals surface area contributed by atoms with Crippen molar-refractivity contribution in [3.63, 3.8) is 0 Å². The van der Waals surface area contributed by atoms with E-state index in [0.717, 1.165) is 10.3 Å². The number of amides is 1. The second kappa shape index (κ2) is 7.89. The Kier molecular flexibility index (Phi) is 5.04. The van der Waals surface area contributed by atoms with Crippen LogP contribution < -0.4 is 4.90 Å². The lowest BCUT2D eigenvalue weighted by molar-refractivity contribution is -0.132. The molecule has 0 aliphatic carbocycles. The Morgan fingerprint density at radius 1 is 1.03 bits per heavy atom. The highest BCUT2D eigenvalue weighted by atomic mass is 35.5. The van der Waals surface area contributed by atoms with Crippen molar-refractivity contribution >= 4 is 55.7 Å². The first-order valence-electron chi connectivity index (χ1n) is 9.93. The molecule has 0 saturated carbocycles. The molecule has 1 atom stereocenters. The molecule has 2 heterocycles. The van der Waals surface area contributed by atoms with E-state index < -0.39 is 17.7 Å². The van der Waals surface area contributed by atoms with Crippen LogP contribution in [-0.4, -0.2) is 21.8 Å². The molecule has 158 valence electrons. The molecule has 32 heavy (non-hydrogen) atoms. The van der Waals surface area contributed by atoms with Crippen LogP contribution in [0.2, 0.25) is 5.02 Å². The largest absolute Gasteiger partial charge is 0.507 e. The van der Waals surface area contributed by atoms with Gasteiger partial charge in [0.1, 0.15) is 5.76 Å². The summed E-state index contributed by atoms with van der Waals surface area (Å²) in [6, 6.07) is 20.8. The van der Waals surface area contributed by atoms with Crippen molar-refractivity contribution in [2.45, 2.75) is 13.0 Å². The van der Waals surface area contributed by atoms with Gasteiger partial charge < -0.3 is 5.11 Å². The summed E-state index contributed by atoms with van der Waals surface area (Å²) < 4.78 is 0.806. The number of nitrogens with zero attached hydrogens (tertiary/aromatic N) is 2. The maximum Gasteiger partial charge on any atom is 0.301 e. The molecule has 1 aliphatic heterocycles. The minimum Gasteiger partial charge on any atom is -0.507 e. The number of aliphatic hydroxyl groups is 1. The van der Waals surface area contributed by atoms with Crippen molar-refractivity contribution in [1.29, 1.82) is 0 Å². The Morgan fingerprint density at radius 2 is 1.75 bits per heavy atom. The molecule has 1 N–H and O–H groups in total. The fourth-order valence-electron chi connectivity index (χ4n) is 3.83. The van der Waals surface area contributed by atoms with Gasteiger partial charge in [-0.2, -0.15) is 0 Å². The van der Waals surface area contributed by atoms with Crippen molar-refractivity contribution in [3.05, 3.63) is 100 Å². The molecule has 1 saturated heterocycles. The number of halogens is 1. The highest BCUT2D eigenvalue weighted by molar-refractivity contribution is 7.22. The number of rotatable bonds is 3. The molecule has 3 aromatic carbocycles. The number of ketones is 1. The zero-order valence-corrected chi connectivity index (χ0v) is 18.5. The summed E-state index contributed by atoms with van der Waals surface area (Å²) in [4.78, 5) is 32.4. The number of aryl methyl sites for hydroxylation is 1. The summed E-state index contributed by atoms with van der Waals surface area (Å²) in [5.74, 6) is -1.67. The molecule has 5 rings (SSSR count). The number of fused-ring (bicyclic) bond motifs is 1. The van der Waals surface area contributed by atoms with Gasteiger partial charge in [-0.15, -0.1) is 0 Å².